The molecule has 4 heteroatoms. The van der Waals surface area contributed by atoms with Crippen LogP contribution in [-0.4, -0.2) is 22.5 Å². The minimum absolute atomic E-state index is 0.0257. The molecular formula is C11H19N3O. The summed E-state index contributed by atoms with van der Waals surface area (Å²) in [4.78, 5) is 0. The standard InChI is InChI=1S/C11H19N3O/c1-14-10(4-7-13-14)9(12)8-11(15-2)5-3-6-11/h4,7,9H,3,5-6,8,12H2,1-2H3. The van der Waals surface area contributed by atoms with Crippen molar-refractivity contribution in [3.8, 4) is 0 Å². The van der Waals surface area contributed by atoms with Crippen molar-refractivity contribution in [3.05, 3.63) is 18.0 Å². The zero-order chi connectivity index (χ0) is 10.9. The Morgan fingerprint density at radius 3 is 2.80 bits per heavy atom. The van der Waals surface area contributed by atoms with Gasteiger partial charge >= 0.3 is 0 Å². The second-order valence-corrected chi connectivity index (χ2v) is 4.43. The van der Waals surface area contributed by atoms with E-state index in [-0.39, 0.29) is 11.6 Å². The summed E-state index contributed by atoms with van der Waals surface area (Å²) in [6.07, 6.45) is 6.20. The molecule has 1 heterocycles. The van der Waals surface area contributed by atoms with Crippen LogP contribution in [0.2, 0.25) is 0 Å². The van der Waals surface area contributed by atoms with Crippen LogP contribution < -0.4 is 5.73 Å². The van der Waals surface area contributed by atoms with Crippen molar-refractivity contribution in [2.75, 3.05) is 7.11 Å². The molecule has 1 aliphatic carbocycles. The molecule has 0 spiro atoms. The topological polar surface area (TPSA) is 53.1 Å². The van der Waals surface area contributed by atoms with E-state index in [0.29, 0.717) is 0 Å². The summed E-state index contributed by atoms with van der Waals surface area (Å²) in [7, 11) is 3.71. The van der Waals surface area contributed by atoms with Crippen LogP contribution in [0, 0.1) is 0 Å². The van der Waals surface area contributed by atoms with E-state index in [9.17, 15) is 0 Å². The molecule has 0 aromatic carbocycles. The second kappa shape index (κ2) is 3.94. The molecule has 1 aliphatic rings. The van der Waals surface area contributed by atoms with E-state index >= 15 is 0 Å². The summed E-state index contributed by atoms with van der Waals surface area (Å²) in [5.41, 5.74) is 7.28. The van der Waals surface area contributed by atoms with Crippen LogP contribution in [0.1, 0.15) is 37.4 Å². The largest absolute Gasteiger partial charge is 0.378 e. The molecule has 84 valence electrons. The molecule has 0 saturated heterocycles. The highest BCUT2D eigenvalue weighted by Crippen LogP contribution is 2.41. The first-order valence-corrected chi connectivity index (χ1v) is 5.45. The van der Waals surface area contributed by atoms with E-state index in [1.54, 1.807) is 13.3 Å². The molecule has 1 unspecified atom stereocenters. The summed E-state index contributed by atoms with van der Waals surface area (Å²) >= 11 is 0. The molecule has 0 aliphatic heterocycles. The van der Waals surface area contributed by atoms with Crippen molar-refractivity contribution in [1.29, 1.82) is 0 Å². The van der Waals surface area contributed by atoms with Gasteiger partial charge in [-0.05, 0) is 31.7 Å². The molecule has 1 aromatic rings. The number of rotatable bonds is 4. The van der Waals surface area contributed by atoms with Crippen molar-refractivity contribution < 1.29 is 4.74 Å². The number of aryl methyl sites for hydroxylation is 1. The Morgan fingerprint density at radius 2 is 2.40 bits per heavy atom. The van der Waals surface area contributed by atoms with Gasteiger partial charge in [-0.25, -0.2) is 0 Å². The lowest BCUT2D eigenvalue weighted by molar-refractivity contribution is -0.0820. The molecule has 15 heavy (non-hydrogen) atoms. The van der Waals surface area contributed by atoms with Crippen LogP contribution in [0.4, 0.5) is 0 Å². The van der Waals surface area contributed by atoms with Crippen LogP contribution >= 0.6 is 0 Å². The highest BCUT2D eigenvalue weighted by atomic mass is 16.5. The second-order valence-electron chi connectivity index (χ2n) is 4.43. The van der Waals surface area contributed by atoms with Gasteiger partial charge in [0.05, 0.1) is 11.3 Å². The third-order valence-electron chi connectivity index (χ3n) is 3.53. The fraction of sp³-hybridized carbons (Fsp3) is 0.727. The van der Waals surface area contributed by atoms with Crippen LogP contribution in [0.25, 0.3) is 0 Å². The first-order chi connectivity index (χ1) is 7.17. The van der Waals surface area contributed by atoms with Gasteiger partial charge in [-0.2, -0.15) is 5.10 Å². The first-order valence-electron chi connectivity index (χ1n) is 5.45. The number of hydrogen-bond donors (Lipinski definition) is 1. The average Bonchev–Trinajstić information content (AvgIpc) is 2.58. The van der Waals surface area contributed by atoms with Crippen LogP contribution in [0.5, 0.6) is 0 Å². The average molecular weight is 209 g/mol. The van der Waals surface area contributed by atoms with E-state index in [2.05, 4.69) is 5.10 Å². The summed E-state index contributed by atoms with van der Waals surface area (Å²) in [6.45, 7) is 0. The fourth-order valence-corrected chi connectivity index (χ4v) is 2.32. The quantitative estimate of drug-likeness (QED) is 0.815. The molecule has 4 nitrogen and oxygen atoms in total. The third kappa shape index (κ3) is 1.92. The van der Waals surface area contributed by atoms with Gasteiger partial charge in [0.25, 0.3) is 0 Å². The Balaban J connectivity index is 2.03. The molecular weight excluding hydrogens is 190 g/mol. The molecule has 0 radical (unpaired) electrons. The third-order valence-corrected chi connectivity index (χ3v) is 3.53. The summed E-state index contributed by atoms with van der Waals surface area (Å²) in [5, 5.41) is 4.13. The number of aromatic nitrogens is 2. The molecule has 0 bridgehead atoms. The van der Waals surface area contributed by atoms with E-state index in [4.69, 9.17) is 10.5 Å². The number of methoxy groups -OCH3 is 1. The van der Waals surface area contributed by atoms with Gasteiger partial charge in [0.15, 0.2) is 0 Å². The van der Waals surface area contributed by atoms with Gasteiger partial charge in [0, 0.05) is 26.4 Å². The van der Waals surface area contributed by atoms with Crippen LogP contribution in [0.3, 0.4) is 0 Å². The van der Waals surface area contributed by atoms with Gasteiger partial charge in [-0.15, -0.1) is 0 Å². The number of hydrogen-bond acceptors (Lipinski definition) is 3. The van der Waals surface area contributed by atoms with E-state index in [0.717, 1.165) is 25.0 Å². The minimum Gasteiger partial charge on any atom is -0.378 e. The summed E-state index contributed by atoms with van der Waals surface area (Å²) < 4.78 is 7.41. The Bertz CT molecular complexity index is 325. The first kappa shape index (κ1) is 10.6. The highest BCUT2D eigenvalue weighted by Gasteiger charge is 2.38. The normalized spacial score (nSPS) is 21.0. The Morgan fingerprint density at radius 1 is 1.67 bits per heavy atom. The van der Waals surface area contributed by atoms with Crippen molar-refractivity contribution in [1.82, 2.24) is 9.78 Å². The van der Waals surface area contributed by atoms with Gasteiger partial charge in [-0.1, -0.05) is 0 Å². The van der Waals surface area contributed by atoms with Crippen molar-refractivity contribution in [2.45, 2.75) is 37.3 Å². The zero-order valence-corrected chi connectivity index (χ0v) is 9.44. The van der Waals surface area contributed by atoms with Gasteiger partial charge in [0.1, 0.15) is 0 Å². The number of nitrogens with zero attached hydrogens (tertiary/aromatic N) is 2. The van der Waals surface area contributed by atoms with Crippen molar-refractivity contribution >= 4 is 0 Å². The molecule has 2 rings (SSSR count). The Kier molecular flexibility index (Phi) is 2.80. The smallest absolute Gasteiger partial charge is 0.0697 e. The molecule has 2 N–H and O–H groups in total. The lowest BCUT2D eigenvalue weighted by Crippen LogP contribution is -2.42. The maximum Gasteiger partial charge on any atom is 0.0697 e. The Hall–Kier alpha value is -0.870. The molecule has 1 atom stereocenters. The molecule has 1 fully saturated rings. The number of ether oxygens (including phenoxy) is 1. The SMILES string of the molecule is COC1(CC(N)c2ccnn2C)CCC1. The maximum absolute atomic E-state index is 6.17. The Labute approximate surface area is 90.4 Å². The fourth-order valence-electron chi connectivity index (χ4n) is 2.32. The van der Waals surface area contributed by atoms with E-state index in [1.807, 2.05) is 17.8 Å². The maximum atomic E-state index is 6.17. The predicted molar refractivity (Wildman–Crippen MR) is 58.3 cm³/mol. The van der Waals surface area contributed by atoms with Crippen LogP contribution in [0.15, 0.2) is 12.3 Å². The minimum atomic E-state index is 0.0257. The molecule has 1 saturated carbocycles. The van der Waals surface area contributed by atoms with Gasteiger partial charge < -0.3 is 10.5 Å². The lowest BCUT2D eigenvalue weighted by atomic mass is 9.75. The van der Waals surface area contributed by atoms with Gasteiger partial charge in [-0.3, -0.25) is 4.68 Å². The monoisotopic (exact) mass is 209 g/mol. The predicted octanol–water partition coefficient (Wildman–Crippen LogP) is 1.38. The molecule has 1 aromatic heterocycles. The van der Waals surface area contributed by atoms with Crippen molar-refractivity contribution in [3.63, 3.8) is 0 Å². The van der Waals surface area contributed by atoms with E-state index in [1.165, 1.54) is 6.42 Å². The van der Waals surface area contributed by atoms with E-state index < -0.39 is 0 Å². The lowest BCUT2D eigenvalue weighted by Gasteiger charge is -2.42. The van der Waals surface area contributed by atoms with Gasteiger partial charge in [0.2, 0.25) is 0 Å². The molecule has 0 amide bonds. The van der Waals surface area contributed by atoms with Crippen molar-refractivity contribution in [2.24, 2.45) is 12.8 Å². The summed E-state index contributed by atoms with van der Waals surface area (Å²) in [6, 6.07) is 2.00. The summed E-state index contributed by atoms with van der Waals surface area (Å²) in [5.74, 6) is 0. The zero-order valence-electron chi connectivity index (χ0n) is 9.44. The highest BCUT2D eigenvalue weighted by molar-refractivity contribution is 5.08. The van der Waals surface area contributed by atoms with Crippen LogP contribution in [-0.2, 0) is 11.8 Å². The number of nitrogens with two attached hydrogens (primary N) is 1.